The molecule has 4 saturated carbocycles. The van der Waals surface area contributed by atoms with Crippen LogP contribution in [-0.2, 0) is 10.0 Å². The average molecular weight is 254 g/mol. The first-order chi connectivity index (χ1) is 8.00. The molecule has 5 heteroatoms. The second kappa shape index (κ2) is 3.69. The lowest BCUT2D eigenvalue weighted by Gasteiger charge is -2.56. The van der Waals surface area contributed by atoms with E-state index in [4.69, 9.17) is 5.26 Å². The summed E-state index contributed by atoms with van der Waals surface area (Å²) in [5.41, 5.74) is -0.204. The monoisotopic (exact) mass is 254 g/mol. The first-order valence-electron chi connectivity index (χ1n) is 6.39. The van der Waals surface area contributed by atoms with E-state index in [0.29, 0.717) is 17.8 Å². The van der Waals surface area contributed by atoms with E-state index < -0.39 is 15.8 Å². The number of nitrogens with zero attached hydrogens (tertiary/aromatic N) is 1. The smallest absolute Gasteiger partial charge is 0.211 e. The lowest BCUT2D eigenvalue weighted by Crippen LogP contribution is -2.60. The van der Waals surface area contributed by atoms with E-state index >= 15 is 0 Å². The first kappa shape index (κ1) is 11.5. The lowest BCUT2D eigenvalue weighted by atomic mass is 9.53. The molecule has 0 unspecified atom stereocenters. The lowest BCUT2D eigenvalue weighted by molar-refractivity contribution is -0.00805. The second-order valence-electron chi connectivity index (χ2n) is 6.22. The molecule has 0 spiro atoms. The summed E-state index contributed by atoms with van der Waals surface area (Å²) in [5, 5.41) is 8.55. The van der Waals surface area contributed by atoms with Crippen LogP contribution < -0.4 is 4.72 Å². The SMILES string of the molecule is N#CCS(=O)(=O)NC12CC3CC(CC(C3)C1)C2. The zero-order chi connectivity index (χ0) is 12.1. The fraction of sp³-hybridized carbons (Fsp3) is 0.917. The molecule has 94 valence electrons. The van der Waals surface area contributed by atoms with E-state index in [0.717, 1.165) is 19.3 Å². The summed E-state index contributed by atoms with van der Waals surface area (Å²) in [4.78, 5) is 0. The Hall–Kier alpha value is -0.600. The molecule has 0 radical (unpaired) electrons. The molecule has 0 saturated heterocycles. The van der Waals surface area contributed by atoms with Gasteiger partial charge in [0.2, 0.25) is 10.0 Å². The van der Waals surface area contributed by atoms with Crippen LogP contribution in [0.1, 0.15) is 38.5 Å². The number of rotatable bonds is 3. The van der Waals surface area contributed by atoms with Crippen molar-refractivity contribution in [3.05, 3.63) is 0 Å². The van der Waals surface area contributed by atoms with Crippen molar-refractivity contribution in [2.24, 2.45) is 17.8 Å². The summed E-state index contributed by atoms with van der Waals surface area (Å²) >= 11 is 0. The van der Waals surface area contributed by atoms with Gasteiger partial charge in [0.25, 0.3) is 0 Å². The molecule has 4 nitrogen and oxygen atoms in total. The van der Waals surface area contributed by atoms with Gasteiger partial charge in [-0.05, 0) is 56.3 Å². The molecule has 0 aliphatic heterocycles. The molecular formula is C12H18N2O2S. The van der Waals surface area contributed by atoms with Gasteiger partial charge in [-0.15, -0.1) is 0 Å². The maximum absolute atomic E-state index is 11.8. The Morgan fingerprint density at radius 2 is 1.59 bits per heavy atom. The molecule has 4 aliphatic rings. The van der Waals surface area contributed by atoms with Gasteiger partial charge in [0.05, 0.1) is 6.07 Å². The van der Waals surface area contributed by atoms with Crippen molar-refractivity contribution in [3.63, 3.8) is 0 Å². The highest BCUT2D eigenvalue weighted by Gasteiger charge is 2.52. The molecule has 0 atom stereocenters. The van der Waals surface area contributed by atoms with Gasteiger partial charge < -0.3 is 0 Å². The summed E-state index contributed by atoms with van der Waals surface area (Å²) in [6.07, 6.45) is 6.84. The van der Waals surface area contributed by atoms with Gasteiger partial charge in [-0.1, -0.05) is 0 Å². The van der Waals surface area contributed by atoms with Gasteiger partial charge in [-0.2, -0.15) is 5.26 Å². The van der Waals surface area contributed by atoms with Gasteiger partial charge in [0.1, 0.15) is 0 Å². The topological polar surface area (TPSA) is 70.0 Å². The predicted molar refractivity (Wildman–Crippen MR) is 63.4 cm³/mol. The normalized spacial score (nSPS) is 43.6. The van der Waals surface area contributed by atoms with E-state index in [-0.39, 0.29) is 5.54 Å². The average Bonchev–Trinajstić information content (AvgIpc) is 2.11. The van der Waals surface area contributed by atoms with E-state index in [1.54, 1.807) is 6.07 Å². The highest BCUT2D eigenvalue weighted by Crippen LogP contribution is 2.55. The van der Waals surface area contributed by atoms with Crippen molar-refractivity contribution in [3.8, 4) is 6.07 Å². The zero-order valence-electron chi connectivity index (χ0n) is 9.85. The van der Waals surface area contributed by atoms with Crippen LogP contribution >= 0.6 is 0 Å². The Labute approximate surface area is 102 Å². The number of nitrogens with one attached hydrogen (secondary N) is 1. The highest BCUT2D eigenvalue weighted by molar-refractivity contribution is 7.89. The van der Waals surface area contributed by atoms with Crippen LogP contribution in [0, 0.1) is 29.1 Å². The maximum Gasteiger partial charge on any atom is 0.225 e. The quantitative estimate of drug-likeness (QED) is 0.827. The molecule has 4 fully saturated rings. The number of hydrogen-bond donors (Lipinski definition) is 1. The van der Waals surface area contributed by atoms with Gasteiger partial charge >= 0.3 is 0 Å². The van der Waals surface area contributed by atoms with Crippen molar-refractivity contribution in [2.75, 3.05) is 5.75 Å². The molecule has 0 aromatic heterocycles. The molecule has 4 rings (SSSR count). The molecular weight excluding hydrogens is 236 g/mol. The Kier molecular flexibility index (Phi) is 2.50. The summed E-state index contributed by atoms with van der Waals surface area (Å²) in [5.74, 6) is 1.73. The number of nitriles is 1. The summed E-state index contributed by atoms with van der Waals surface area (Å²) in [7, 11) is -3.41. The predicted octanol–water partition coefficient (Wildman–Crippen LogP) is 1.40. The minimum atomic E-state index is -3.41. The van der Waals surface area contributed by atoms with Gasteiger partial charge in [-0.3, -0.25) is 0 Å². The van der Waals surface area contributed by atoms with Gasteiger partial charge in [0.15, 0.2) is 5.75 Å². The Bertz CT molecular complexity index is 428. The number of hydrogen-bond acceptors (Lipinski definition) is 3. The third-order valence-electron chi connectivity index (χ3n) is 4.66. The number of sulfonamides is 1. The van der Waals surface area contributed by atoms with Crippen LogP contribution in [-0.4, -0.2) is 19.7 Å². The van der Waals surface area contributed by atoms with Crippen LogP contribution in [0.4, 0.5) is 0 Å². The van der Waals surface area contributed by atoms with Crippen molar-refractivity contribution >= 4 is 10.0 Å². The largest absolute Gasteiger partial charge is 0.225 e. The Morgan fingerprint density at radius 1 is 1.12 bits per heavy atom. The van der Waals surface area contributed by atoms with Crippen molar-refractivity contribution in [1.82, 2.24) is 4.72 Å². The standard InChI is InChI=1S/C12H18N2O2S/c13-1-2-17(15,16)14-12-6-9-3-10(7-12)5-11(4-9)8-12/h9-11,14H,2-8H2. The Morgan fingerprint density at radius 3 is 2.00 bits per heavy atom. The minimum absolute atomic E-state index is 0.204. The zero-order valence-corrected chi connectivity index (χ0v) is 10.7. The van der Waals surface area contributed by atoms with E-state index in [2.05, 4.69) is 4.72 Å². The van der Waals surface area contributed by atoms with E-state index in [1.807, 2.05) is 0 Å². The molecule has 0 amide bonds. The van der Waals surface area contributed by atoms with Crippen LogP contribution in [0.25, 0.3) is 0 Å². The molecule has 4 bridgehead atoms. The summed E-state index contributed by atoms with van der Waals surface area (Å²) in [6.45, 7) is 0. The van der Waals surface area contributed by atoms with Crippen LogP contribution in [0.3, 0.4) is 0 Å². The third kappa shape index (κ3) is 2.09. The maximum atomic E-state index is 11.8. The van der Waals surface area contributed by atoms with Gasteiger partial charge in [-0.25, -0.2) is 13.1 Å². The van der Waals surface area contributed by atoms with Gasteiger partial charge in [0, 0.05) is 5.54 Å². The third-order valence-corrected chi connectivity index (χ3v) is 5.92. The van der Waals surface area contributed by atoms with Crippen molar-refractivity contribution < 1.29 is 8.42 Å². The second-order valence-corrected chi connectivity index (χ2v) is 7.94. The first-order valence-corrected chi connectivity index (χ1v) is 8.04. The molecule has 0 aromatic carbocycles. The van der Waals surface area contributed by atoms with Crippen LogP contribution in [0.15, 0.2) is 0 Å². The molecule has 0 heterocycles. The molecule has 1 N–H and O–H groups in total. The van der Waals surface area contributed by atoms with Crippen molar-refractivity contribution in [1.29, 1.82) is 5.26 Å². The Balaban J connectivity index is 1.81. The molecule has 17 heavy (non-hydrogen) atoms. The highest BCUT2D eigenvalue weighted by atomic mass is 32.2. The molecule has 4 aliphatic carbocycles. The van der Waals surface area contributed by atoms with E-state index in [9.17, 15) is 8.42 Å². The summed E-state index contributed by atoms with van der Waals surface area (Å²) < 4.78 is 26.4. The van der Waals surface area contributed by atoms with Crippen LogP contribution in [0.5, 0.6) is 0 Å². The summed E-state index contributed by atoms with van der Waals surface area (Å²) in [6, 6.07) is 1.74. The van der Waals surface area contributed by atoms with E-state index in [1.165, 1.54) is 19.3 Å². The molecule has 0 aromatic rings. The van der Waals surface area contributed by atoms with Crippen molar-refractivity contribution in [2.45, 2.75) is 44.1 Å². The fourth-order valence-electron chi connectivity index (χ4n) is 4.69. The fourth-order valence-corrected chi connectivity index (χ4v) is 5.84. The minimum Gasteiger partial charge on any atom is -0.211 e. The van der Waals surface area contributed by atoms with Crippen LogP contribution in [0.2, 0.25) is 0 Å².